The number of aliphatic hydroxyl groups is 1. The number of benzene rings is 2. The minimum Gasteiger partial charge on any atom is -0.486 e. The summed E-state index contributed by atoms with van der Waals surface area (Å²) in [6.07, 6.45) is -0.480. The quantitative estimate of drug-likeness (QED) is 0.781. The Hall–Kier alpha value is -2.04. The van der Waals surface area contributed by atoms with E-state index in [1.54, 1.807) is 6.92 Å². The molecule has 0 aliphatic heterocycles. The smallest absolute Gasteiger partial charge is 0.148 e. The van der Waals surface area contributed by atoms with Crippen molar-refractivity contribution in [3.63, 3.8) is 0 Å². The molecule has 0 saturated carbocycles. The summed E-state index contributed by atoms with van der Waals surface area (Å²) in [6.45, 7) is 2.53. The molecule has 0 radical (unpaired) electrons. The van der Waals surface area contributed by atoms with E-state index >= 15 is 0 Å². The molecule has 1 heterocycles. The van der Waals surface area contributed by atoms with Crippen LogP contribution in [0.4, 0.5) is 0 Å². The van der Waals surface area contributed by atoms with Crippen LogP contribution < -0.4 is 4.74 Å². The van der Waals surface area contributed by atoms with Gasteiger partial charge in [0.05, 0.1) is 23.7 Å². The van der Waals surface area contributed by atoms with Crippen LogP contribution in [0.15, 0.2) is 48.5 Å². The number of halogens is 1. The molecule has 2 aromatic carbocycles. The molecule has 0 aliphatic rings. The molecule has 114 valence electrons. The monoisotopic (exact) mass is 316 g/mol. The predicted octanol–water partition coefficient (Wildman–Crippen LogP) is 3.65. The molecular formula is C17H17ClN2O2. The molecule has 4 nitrogen and oxygen atoms in total. The fourth-order valence-corrected chi connectivity index (χ4v) is 2.55. The van der Waals surface area contributed by atoms with Gasteiger partial charge in [-0.2, -0.15) is 0 Å². The molecule has 5 heteroatoms. The van der Waals surface area contributed by atoms with Crippen molar-refractivity contribution < 1.29 is 9.84 Å². The van der Waals surface area contributed by atoms with Crippen molar-refractivity contribution in [3.8, 4) is 5.75 Å². The van der Waals surface area contributed by atoms with E-state index in [4.69, 9.17) is 16.3 Å². The van der Waals surface area contributed by atoms with Crippen molar-refractivity contribution in [2.45, 2.75) is 26.2 Å². The molecule has 1 atom stereocenters. The lowest BCUT2D eigenvalue weighted by atomic mass is 10.3. The van der Waals surface area contributed by atoms with Gasteiger partial charge in [-0.1, -0.05) is 29.8 Å². The molecule has 0 fully saturated rings. The van der Waals surface area contributed by atoms with E-state index in [0.29, 0.717) is 18.2 Å². The van der Waals surface area contributed by atoms with E-state index in [1.165, 1.54) is 0 Å². The zero-order chi connectivity index (χ0) is 15.5. The average Bonchev–Trinajstić information content (AvgIpc) is 2.83. The summed E-state index contributed by atoms with van der Waals surface area (Å²) < 4.78 is 7.73. The highest BCUT2D eigenvalue weighted by atomic mass is 35.5. The molecule has 1 unspecified atom stereocenters. The molecule has 22 heavy (non-hydrogen) atoms. The fourth-order valence-electron chi connectivity index (χ4n) is 2.39. The number of nitrogens with zero attached hydrogens (tertiary/aromatic N) is 2. The average molecular weight is 317 g/mol. The Labute approximate surface area is 133 Å². The van der Waals surface area contributed by atoms with Crippen molar-refractivity contribution in [1.82, 2.24) is 9.55 Å². The lowest BCUT2D eigenvalue weighted by Crippen LogP contribution is -2.15. The minimum absolute atomic E-state index is 0.336. The van der Waals surface area contributed by atoms with Crippen LogP contribution in [0, 0.1) is 0 Å². The topological polar surface area (TPSA) is 47.3 Å². The summed E-state index contributed by atoms with van der Waals surface area (Å²) in [5.41, 5.74) is 1.75. The Kier molecular flexibility index (Phi) is 4.32. The van der Waals surface area contributed by atoms with Crippen molar-refractivity contribution in [2.24, 2.45) is 0 Å². The molecule has 3 aromatic rings. The number of ether oxygens (including phenoxy) is 1. The van der Waals surface area contributed by atoms with Gasteiger partial charge in [0.25, 0.3) is 0 Å². The Morgan fingerprint density at radius 1 is 1.23 bits per heavy atom. The lowest BCUT2D eigenvalue weighted by molar-refractivity contribution is 0.171. The Morgan fingerprint density at radius 3 is 2.73 bits per heavy atom. The second-order valence-corrected chi connectivity index (χ2v) is 5.66. The molecule has 0 spiro atoms. The van der Waals surface area contributed by atoms with Gasteiger partial charge in [-0.25, -0.2) is 4.98 Å². The SMILES string of the molecule is CC(O)Cn1c(COc2ccccc2)nc2ccc(Cl)cc21. The van der Waals surface area contributed by atoms with Crippen LogP contribution in [-0.2, 0) is 13.2 Å². The number of para-hydroxylation sites is 1. The van der Waals surface area contributed by atoms with Crippen LogP contribution in [0.25, 0.3) is 11.0 Å². The van der Waals surface area contributed by atoms with Gasteiger partial charge in [-0.3, -0.25) is 0 Å². The largest absolute Gasteiger partial charge is 0.486 e. The highest BCUT2D eigenvalue weighted by molar-refractivity contribution is 6.31. The van der Waals surface area contributed by atoms with Gasteiger partial charge in [0, 0.05) is 5.02 Å². The van der Waals surface area contributed by atoms with Crippen molar-refractivity contribution in [1.29, 1.82) is 0 Å². The van der Waals surface area contributed by atoms with E-state index in [0.717, 1.165) is 22.6 Å². The Morgan fingerprint density at radius 2 is 2.00 bits per heavy atom. The number of fused-ring (bicyclic) bond motifs is 1. The first-order chi connectivity index (χ1) is 10.6. The van der Waals surface area contributed by atoms with Gasteiger partial charge in [-0.05, 0) is 37.3 Å². The van der Waals surface area contributed by atoms with Crippen LogP contribution in [0.5, 0.6) is 5.75 Å². The molecule has 0 amide bonds. The van der Waals surface area contributed by atoms with Crippen LogP contribution in [-0.4, -0.2) is 20.8 Å². The number of aromatic nitrogens is 2. The van der Waals surface area contributed by atoms with Gasteiger partial charge < -0.3 is 14.4 Å². The molecule has 1 N–H and O–H groups in total. The van der Waals surface area contributed by atoms with Gasteiger partial charge in [0.2, 0.25) is 0 Å². The first-order valence-corrected chi connectivity index (χ1v) is 7.52. The summed E-state index contributed by atoms with van der Waals surface area (Å²) in [5.74, 6) is 1.55. The maximum atomic E-state index is 9.74. The predicted molar refractivity (Wildman–Crippen MR) is 87.2 cm³/mol. The second kappa shape index (κ2) is 6.38. The number of hydrogen-bond acceptors (Lipinski definition) is 3. The number of hydrogen-bond donors (Lipinski definition) is 1. The van der Waals surface area contributed by atoms with Crippen molar-refractivity contribution in [2.75, 3.05) is 0 Å². The van der Waals surface area contributed by atoms with Gasteiger partial charge in [-0.15, -0.1) is 0 Å². The molecule has 0 saturated heterocycles. The minimum atomic E-state index is -0.480. The number of aliphatic hydroxyl groups excluding tert-OH is 1. The van der Waals surface area contributed by atoms with E-state index in [9.17, 15) is 5.11 Å². The highest BCUT2D eigenvalue weighted by Crippen LogP contribution is 2.22. The van der Waals surface area contributed by atoms with E-state index < -0.39 is 6.10 Å². The summed E-state index contributed by atoms with van der Waals surface area (Å²) >= 11 is 6.07. The Balaban J connectivity index is 1.93. The number of rotatable bonds is 5. The number of imidazole rings is 1. The molecule has 3 rings (SSSR count). The fraction of sp³-hybridized carbons (Fsp3) is 0.235. The highest BCUT2D eigenvalue weighted by Gasteiger charge is 2.13. The molecule has 0 aliphatic carbocycles. The normalized spacial score (nSPS) is 12.5. The summed E-state index contributed by atoms with van der Waals surface area (Å²) in [5, 5.41) is 10.4. The third-order valence-electron chi connectivity index (χ3n) is 3.35. The van der Waals surface area contributed by atoms with Gasteiger partial charge in [0.15, 0.2) is 0 Å². The third kappa shape index (κ3) is 3.24. The maximum Gasteiger partial charge on any atom is 0.148 e. The first-order valence-electron chi connectivity index (χ1n) is 7.14. The maximum absolute atomic E-state index is 9.74. The summed E-state index contributed by atoms with van der Waals surface area (Å²) in [6, 6.07) is 15.1. The Bertz CT molecular complexity index is 769. The zero-order valence-electron chi connectivity index (χ0n) is 12.2. The lowest BCUT2D eigenvalue weighted by Gasteiger charge is -2.12. The van der Waals surface area contributed by atoms with E-state index in [1.807, 2.05) is 53.1 Å². The van der Waals surface area contributed by atoms with Crippen LogP contribution >= 0.6 is 11.6 Å². The van der Waals surface area contributed by atoms with Crippen molar-refractivity contribution >= 4 is 22.6 Å². The molecular weight excluding hydrogens is 300 g/mol. The molecule has 1 aromatic heterocycles. The molecule has 0 bridgehead atoms. The van der Waals surface area contributed by atoms with Crippen LogP contribution in [0.2, 0.25) is 5.02 Å². The summed E-state index contributed by atoms with van der Waals surface area (Å²) in [7, 11) is 0. The first kappa shape index (κ1) is 14.9. The van der Waals surface area contributed by atoms with Crippen LogP contribution in [0.1, 0.15) is 12.7 Å². The van der Waals surface area contributed by atoms with Crippen LogP contribution in [0.3, 0.4) is 0 Å². The van der Waals surface area contributed by atoms with E-state index in [2.05, 4.69) is 4.98 Å². The van der Waals surface area contributed by atoms with Crippen molar-refractivity contribution in [3.05, 3.63) is 59.4 Å². The second-order valence-electron chi connectivity index (χ2n) is 5.22. The third-order valence-corrected chi connectivity index (χ3v) is 3.58. The van der Waals surface area contributed by atoms with E-state index in [-0.39, 0.29) is 0 Å². The summed E-state index contributed by atoms with van der Waals surface area (Å²) in [4.78, 5) is 4.59. The van der Waals surface area contributed by atoms with Gasteiger partial charge >= 0.3 is 0 Å². The standard InChI is InChI=1S/C17H17ClN2O2/c1-12(21)10-20-16-9-13(18)7-8-15(16)19-17(20)11-22-14-5-3-2-4-6-14/h2-9,12,21H,10-11H2,1H3. The zero-order valence-corrected chi connectivity index (χ0v) is 13.0. The van der Waals surface area contributed by atoms with Gasteiger partial charge in [0.1, 0.15) is 18.2 Å².